The van der Waals surface area contributed by atoms with Crippen molar-refractivity contribution < 1.29 is 19.1 Å². The summed E-state index contributed by atoms with van der Waals surface area (Å²) in [7, 11) is 0. The molecule has 0 saturated heterocycles. The number of benzene rings is 1. The summed E-state index contributed by atoms with van der Waals surface area (Å²) in [6.07, 6.45) is 0. The molecule has 0 bridgehead atoms. The van der Waals surface area contributed by atoms with Crippen LogP contribution in [0.4, 0.5) is 9.18 Å². The summed E-state index contributed by atoms with van der Waals surface area (Å²) < 4.78 is 13.3. The highest BCUT2D eigenvalue weighted by Gasteiger charge is 2.14. The molecular weight excluding hydrogens is 263 g/mol. The molecule has 0 saturated carbocycles. The molecule has 0 radical (unpaired) electrons. The Balaban J connectivity index is 2.55. The zero-order valence-electron chi connectivity index (χ0n) is 9.54. The highest BCUT2D eigenvalue weighted by molar-refractivity contribution is 6.31. The molecular formula is C11H12ClFN2O3. The first-order valence-corrected chi connectivity index (χ1v) is 5.49. The van der Waals surface area contributed by atoms with Gasteiger partial charge in [0.2, 0.25) is 0 Å². The predicted octanol–water partition coefficient (Wildman–Crippen LogP) is 1.75. The number of carbonyl (C=O) groups excluding carboxylic acids is 1. The number of rotatable bonds is 4. The number of hydrogen-bond donors (Lipinski definition) is 3. The van der Waals surface area contributed by atoms with Crippen LogP contribution in [-0.2, 0) is 11.3 Å². The lowest BCUT2D eigenvalue weighted by Gasteiger charge is -2.11. The van der Waals surface area contributed by atoms with Crippen LogP contribution in [0.5, 0.6) is 0 Å². The van der Waals surface area contributed by atoms with E-state index in [0.29, 0.717) is 0 Å². The van der Waals surface area contributed by atoms with Crippen molar-refractivity contribution in [3.05, 3.63) is 34.6 Å². The van der Waals surface area contributed by atoms with E-state index in [1.54, 1.807) is 0 Å². The lowest BCUT2D eigenvalue weighted by Crippen LogP contribution is -2.44. The summed E-state index contributed by atoms with van der Waals surface area (Å²) in [4.78, 5) is 21.8. The van der Waals surface area contributed by atoms with Crippen LogP contribution in [-0.4, -0.2) is 23.1 Å². The number of aliphatic carboxylic acids is 1. The standard InChI is InChI=1S/C11H12ClFN2O3/c1-6(10(16)17)15-11(18)14-5-7-8(12)3-2-4-9(7)13/h2-4,6H,5H2,1H3,(H,16,17)(H2,14,15,18). The maximum absolute atomic E-state index is 13.3. The minimum atomic E-state index is -1.16. The maximum Gasteiger partial charge on any atom is 0.325 e. The Morgan fingerprint density at radius 1 is 1.50 bits per heavy atom. The fraction of sp³-hybridized carbons (Fsp3) is 0.273. The first kappa shape index (κ1) is 14.2. The zero-order chi connectivity index (χ0) is 13.7. The van der Waals surface area contributed by atoms with Crippen molar-refractivity contribution >= 4 is 23.6 Å². The molecule has 3 N–H and O–H groups in total. The van der Waals surface area contributed by atoms with Crippen LogP contribution in [0, 0.1) is 5.82 Å². The molecule has 0 heterocycles. The van der Waals surface area contributed by atoms with Gasteiger partial charge in [-0.25, -0.2) is 9.18 Å². The SMILES string of the molecule is CC(NC(=O)NCc1c(F)cccc1Cl)C(=O)O. The molecule has 98 valence electrons. The van der Waals surface area contributed by atoms with Gasteiger partial charge >= 0.3 is 12.0 Å². The molecule has 18 heavy (non-hydrogen) atoms. The number of nitrogens with one attached hydrogen (secondary N) is 2. The second kappa shape index (κ2) is 6.20. The van der Waals surface area contributed by atoms with Gasteiger partial charge in [0.05, 0.1) is 0 Å². The molecule has 0 aliphatic rings. The van der Waals surface area contributed by atoms with Crippen LogP contribution in [0.1, 0.15) is 12.5 Å². The third-order valence-corrected chi connectivity index (χ3v) is 2.56. The molecule has 1 rings (SSSR count). The van der Waals surface area contributed by atoms with Crippen molar-refractivity contribution in [2.45, 2.75) is 19.5 Å². The normalized spacial score (nSPS) is 11.7. The molecule has 0 spiro atoms. The maximum atomic E-state index is 13.3. The van der Waals surface area contributed by atoms with Gasteiger partial charge in [0.1, 0.15) is 11.9 Å². The largest absolute Gasteiger partial charge is 0.480 e. The van der Waals surface area contributed by atoms with Crippen LogP contribution in [0.2, 0.25) is 5.02 Å². The molecule has 0 aliphatic heterocycles. The van der Waals surface area contributed by atoms with Crippen molar-refractivity contribution in [1.29, 1.82) is 0 Å². The zero-order valence-corrected chi connectivity index (χ0v) is 10.3. The number of hydrogen-bond acceptors (Lipinski definition) is 2. The van der Waals surface area contributed by atoms with Gasteiger partial charge in [0.25, 0.3) is 0 Å². The molecule has 1 aromatic carbocycles. The summed E-state index contributed by atoms with van der Waals surface area (Å²) >= 11 is 5.76. The molecule has 1 atom stereocenters. The van der Waals surface area contributed by atoms with Crippen molar-refractivity contribution in [2.24, 2.45) is 0 Å². The molecule has 1 unspecified atom stereocenters. The third-order valence-electron chi connectivity index (χ3n) is 2.21. The van der Waals surface area contributed by atoms with Gasteiger partial charge in [-0.1, -0.05) is 17.7 Å². The second-order valence-electron chi connectivity index (χ2n) is 3.59. The number of carbonyl (C=O) groups is 2. The van der Waals surface area contributed by atoms with Gasteiger partial charge in [-0.15, -0.1) is 0 Å². The van der Waals surface area contributed by atoms with Gasteiger partial charge in [-0.2, -0.15) is 0 Å². The van der Waals surface area contributed by atoms with Crippen LogP contribution in [0.15, 0.2) is 18.2 Å². The number of halogens is 2. The summed E-state index contributed by atoms with van der Waals surface area (Å²) in [5, 5.41) is 13.3. The van der Waals surface area contributed by atoms with Gasteiger partial charge in [-0.3, -0.25) is 4.79 Å². The smallest absolute Gasteiger partial charge is 0.325 e. The Labute approximate surface area is 108 Å². The highest BCUT2D eigenvalue weighted by Crippen LogP contribution is 2.18. The van der Waals surface area contributed by atoms with Crippen molar-refractivity contribution in [3.8, 4) is 0 Å². The van der Waals surface area contributed by atoms with E-state index in [0.717, 1.165) is 0 Å². The average molecular weight is 275 g/mol. The van der Waals surface area contributed by atoms with Crippen molar-refractivity contribution in [3.63, 3.8) is 0 Å². The van der Waals surface area contributed by atoms with E-state index >= 15 is 0 Å². The molecule has 0 fully saturated rings. The highest BCUT2D eigenvalue weighted by atomic mass is 35.5. The van der Waals surface area contributed by atoms with E-state index in [-0.39, 0.29) is 17.1 Å². The summed E-state index contributed by atoms with van der Waals surface area (Å²) in [6.45, 7) is 1.20. The Morgan fingerprint density at radius 2 is 2.17 bits per heavy atom. The Kier molecular flexibility index (Phi) is 4.91. The van der Waals surface area contributed by atoms with Gasteiger partial charge < -0.3 is 15.7 Å². The van der Waals surface area contributed by atoms with E-state index in [4.69, 9.17) is 16.7 Å². The number of carboxylic acids is 1. The predicted molar refractivity (Wildman–Crippen MR) is 63.9 cm³/mol. The quantitative estimate of drug-likeness (QED) is 0.783. The van der Waals surface area contributed by atoms with Crippen LogP contribution >= 0.6 is 11.6 Å². The van der Waals surface area contributed by atoms with Gasteiger partial charge in [0.15, 0.2) is 0 Å². The van der Waals surface area contributed by atoms with Crippen molar-refractivity contribution in [2.75, 3.05) is 0 Å². The Hall–Kier alpha value is -1.82. The lowest BCUT2D eigenvalue weighted by molar-refractivity contribution is -0.138. The molecule has 0 aromatic heterocycles. The first-order chi connectivity index (χ1) is 8.41. The van der Waals surface area contributed by atoms with E-state index in [2.05, 4.69) is 10.6 Å². The van der Waals surface area contributed by atoms with E-state index in [1.165, 1.54) is 25.1 Å². The summed E-state index contributed by atoms with van der Waals surface area (Å²) in [5.74, 6) is -1.69. The van der Waals surface area contributed by atoms with E-state index in [1.807, 2.05) is 0 Å². The van der Waals surface area contributed by atoms with Crippen LogP contribution < -0.4 is 10.6 Å². The average Bonchev–Trinajstić information content (AvgIpc) is 2.28. The topological polar surface area (TPSA) is 78.4 Å². The monoisotopic (exact) mass is 274 g/mol. The number of urea groups is 1. The molecule has 5 nitrogen and oxygen atoms in total. The van der Waals surface area contributed by atoms with Crippen molar-refractivity contribution in [1.82, 2.24) is 10.6 Å². The summed E-state index contributed by atoms with van der Waals surface area (Å²) in [6, 6.07) is 2.44. The second-order valence-corrected chi connectivity index (χ2v) is 3.99. The molecule has 2 amide bonds. The molecule has 7 heteroatoms. The Bertz CT molecular complexity index is 447. The molecule has 1 aromatic rings. The van der Waals surface area contributed by atoms with Gasteiger partial charge in [0, 0.05) is 17.1 Å². The molecule has 0 aliphatic carbocycles. The fourth-order valence-corrected chi connectivity index (χ4v) is 1.41. The lowest BCUT2D eigenvalue weighted by atomic mass is 10.2. The Morgan fingerprint density at radius 3 is 2.72 bits per heavy atom. The van der Waals surface area contributed by atoms with E-state index in [9.17, 15) is 14.0 Å². The fourth-order valence-electron chi connectivity index (χ4n) is 1.18. The minimum Gasteiger partial charge on any atom is -0.480 e. The van der Waals surface area contributed by atoms with Crippen LogP contribution in [0.3, 0.4) is 0 Å². The van der Waals surface area contributed by atoms with E-state index < -0.39 is 23.9 Å². The minimum absolute atomic E-state index is 0.121. The third kappa shape index (κ3) is 3.89. The van der Waals surface area contributed by atoms with Crippen LogP contribution in [0.25, 0.3) is 0 Å². The summed E-state index contributed by atoms with van der Waals surface area (Å²) in [5.41, 5.74) is 0.150. The number of carboxylic acid groups (broad SMARTS) is 1. The first-order valence-electron chi connectivity index (χ1n) is 5.12. The number of amides is 2. The van der Waals surface area contributed by atoms with Gasteiger partial charge in [-0.05, 0) is 19.1 Å².